The summed E-state index contributed by atoms with van der Waals surface area (Å²) in [6.45, 7) is 2.12. The van der Waals surface area contributed by atoms with Crippen LogP contribution in [0.3, 0.4) is 0 Å². The van der Waals surface area contributed by atoms with Crippen molar-refractivity contribution in [2.45, 2.75) is 31.5 Å². The van der Waals surface area contributed by atoms with Gasteiger partial charge in [-0.3, -0.25) is 10.1 Å². The van der Waals surface area contributed by atoms with E-state index in [-0.39, 0.29) is 12.2 Å². The highest BCUT2D eigenvalue weighted by molar-refractivity contribution is 5.86. The van der Waals surface area contributed by atoms with Crippen LogP contribution < -0.4 is 19.7 Å². The molecule has 5 aromatic rings. The molecule has 240 valence electrons. The topological polar surface area (TPSA) is 118 Å². The lowest BCUT2D eigenvalue weighted by Crippen LogP contribution is -2.37. The van der Waals surface area contributed by atoms with Crippen LogP contribution in [0.2, 0.25) is 0 Å². The number of nitrogens with zero attached hydrogens (tertiary/aromatic N) is 1. The van der Waals surface area contributed by atoms with E-state index < -0.39 is 24.0 Å². The molecule has 0 aliphatic carbocycles. The molecular formula is C34H31F4N3O5. The summed E-state index contributed by atoms with van der Waals surface area (Å²) in [6, 6.07) is 28.3. The molecule has 0 amide bonds. The monoisotopic (exact) mass is 637 g/mol. The molecule has 8 nitrogen and oxygen atoms in total. The maximum atomic E-state index is 13.4. The van der Waals surface area contributed by atoms with E-state index in [9.17, 15) is 27.5 Å². The van der Waals surface area contributed by atoms with Crippen molar-refractivity contribution in [2.75, 3.05) is 18.5 Å². The SMILES string of the molecule is O=C(O)CC(c1ccc(F)cc1)c1c[nH]c2cc(OCCCNc3cccc[n+]3Cc3ccccc3)ccc12.O=C([O-])C(F)(F)F. The number of carboxylic acids is 2. The number of fused-ring (bicyclic) bond motifs is 1. The Bertz CT molecular complexity index is 1740. The van der Waals surface area contributed by atoms with E-state index in [1.165, 1.54) is 17.7 Å². The van der Waals surface area contributed by atoms with Gasteiger partial charge in [-0.15, -0.1) is 0 Å². The van der Waals surface area contributed by atoms with Gasteiger partial charge in [0, 0.05) is 41.6 Å². The van der Waals surface area contributed by atoms with Crippen molar-refractivity contribution >= 4 is 28.7 Å². The fraction of sp³-hybridized carbons (Fsp3) is 0.206. The van der Waals surface area contributed by atoms with Gasteiger partial charge in [-0.25, -0.2) is 8.96 Å². The summed E-state index contributed by atoms with van der Waals surface area (Å²) < 4.78 is 53.2. The van der Waals surface area contributed by atoms with Crippen LogP contribution in [0.25, 0.3) is 10.9 Å². The maximum absolute atomic E-state index is 13.4. The molecule has 3 N–H and O–H groups in total. The Labute approximate surface area is 261 Å². The van der Waals surface area contributed by atoms with Crippen molar-refractivity contribution in [3.63, 3.8) is 0 Å². The molecule has 0 fully saturated rings. The Morgan fingerprint density at radius 3 is 2.35 bits per heavy atom. The smallest absolute Gasteiger partial charge is 0.430 e. The maximum Gasteiger partial charge on any atom is 0.430 e. The van der Waals surface area contributed by atoms with Crippen molar-refractivity contribution in [1.29, 1.82) is 0 Å². The Hall–Kier alpha value is -5.39. The van der Waals surface area contributed by atoms with E-state index in [1.54, 1.807) is 12.1 Å². The number of nitrogens with one attached hydrogen (secondary N) is 2. The highest BCUT2D eigenvalue weighted by Crippen LogP contribution is 2.35. The third kappa shape index (κ3) is 9.55. The van der Waals surface area contributed by atoms with Gasteiger partial charge in [-0.1, -0.05) is 48.5 Å². The van der Waals surface area contributed by atoms with Gasteiger partial charge in [0.15, 0.2) is 0 Å². The number of anilines is 1. The van der Waals surface area contributed by atoms with Crippen LogP contribution in [0.4, 0.5) is 23.4 Å². The standard InChI is InChI=1S/C32H30FN3O3.C2HF3O2/c33-25-12-10-24(11-13-25)28(20-32(37)38)29-21-35-30-19-26(14-15-27(29)30)39-18-6-16-34-31-9-4-5-17-36(31)22-23-7-2-1-3-8-23;3-2(4,5)1(6)7/h1-5,7-15,17,19,21,28,35H,6,16,18,20,22H2,(H,37,38);(H,6,7). The fourth-order valence-corrected chi connectivity index (χ4v) is 4.82. The summed E-state index contributed by atoms with van der Waals surface area (Å²) in [5, 5.41) is 22.7. The zero-order valence-electron chi connectivity index (χ0n) is 24.5. The number of carbonyl (C=O) groups excluding carboxylic acids is 1. The number of H-pyrrole nitrogens is 1. The van der Waals surface area contributed by atoms with Gasteiger partial charge in [0.25, 0.3) is 5.82 Å². The zero-order valence-corrected chi connectivity index (χ0v) is 24.5. The van der Waals surface area contributed by atoms with Gasteiger partial charge in [0.1, 0.15) is 24.1 Å². The van der Waals surface area contributed by atoms with Crippen LogP contribution in [0.15, 0.2) is 103 Å². The largest absolute Gasteiger partial charge is 0.542 e. The summed E-state index contributed by atoms with van der Waals surface area (Å²) in [4.78, 5) is 23.6. The second-order valence-electron chi connectivity index (χ2n) is 10.3. The van der Waals surface area contributed by atoms with Crippen LogP contribution in [-0.4, -0.2) is 41.4 Å². The predicted molar refractivity (Wildman–Crippen MR) is 161 cm³/mol. The molecule has 0 saturated heterocycles. The first-order valence-electron chi connectivity index (χ1n) is 14.3. The molecule has 1 unspecified atom stereocenters. The number of aromatic nitrogens is 2. The van der Waals surface area contributed by atoms with Gasteiger partial charge in [0.2, 0.25) is 0 Å². The Kier molecular flexibility index (Phi) is 11.3. The molecule has 1 atom stereocenters. The van der Waals surface area contributed by atoms with Crippen LogP contribution in [0, 0.1) is 5.82 Å². The summed E-state index contributed by atoms with van der Waals surface area (Å²) in [5.41, 5.74) is 3.73. The average molecular weight is 638 g/mol. The number of rotatable bonds is 12. The van der Waals surface area contributed by atoms with Gasteiger partial charge in [0.05, 0.1) is 25.8 Å². The lowest BCUT2D eigenvalue weighted by Gasteiger charge is -2.15. The zero-order chi connectivity index (χ0) is 33.1. The molecule has 0 spiro atoms. The van der Waals surface area contributed by atoms with Gasteiger partial charge in [-0.05, 0) is 47.0 Å². The summed E-state index contributed by atoms with van der Waals surface area (Å²) >= 11 is 0. The van der Waals surface area contributed by atoms with Crippen molar-refractivity contribution in [3.05, 3.63) is 126 Å². The Morgan fingerprint density at radius 2 is 1.67 bits per heavy atom. The summed E-state index contributed by atoms with van der Waals surface area (Å²) in [5.74, 6) is -2.86. The lowest BCUT2D eigenvalue weighted by atomic mass is 9.88. The third-order valence-corrected chi connectivity index (χ3v) is 6.98. The second kappa shape index (κ2) is 15.6. The Balaban J connectivity index is 0.000000617. The fourth-order valence-electron chi connectivity index (χ4n) is 4.82. The van der Waals surface area contributed by atoms with E-state index in [2.05, 4.69) is 51.4 Å². The number of ether oxygens (including phenoxy) is 1. The number of halogens is 4. The molecule has 2 heterocycles. The van der Waals surface area contributed by atoms with Crippen molar-refractivity contribution < 1.29 is 46.7 Å². The van der Waals surface area contributed by atoms with E-state index in [4.69, 9.17) is 14.6 Å². The van der Waals surface area contributed by atoms with E-state index in [0.29, 0.717) is 6.61 Å². The van der Waals surface area contributed by atoms with E-state index in [0.717, 1.165) is 53.1 Å². The number of aromatic amines is 1. The van der Waals surface area contributed by atoms with Crippen LogP contribution in [-0.2, 0) is 16.1 Å². The lowest BCUT2D eigenvalue weighted by molar-refractivity contribution is -0.674. The molecule has 0 aliphatic rings. The molecule has 5 rings (SSSR count). The van der Waals surface area contributed by atoms with Crippen LogP contribution in [0.1, 0.15) is 35.4 Å². The second-order valence-corrected chi connectivity index (χ2v) is 10.3. The molecule has 0 bridgehead atoms. The summed E-state index contributed by atoms with van der Waals surface area (Å²) in [7, 11) is 0. The molecule has 46 heavy (non-hydrogen) atoms. The van der Waals surface area contributed by atoms with Crippen LogP contribution in [0.5, 0.6) is 5.75 Å². The minimum Gasteiger partial charge on any atom is -0.542 e. The number of carboxylic acid groups (broad SMARTS) is 2. The van der Waals surface area contributed by atoms with Crippen molar-refractivity contribution in [3.8, 4) is 5.75 Å². The minimum atomic E-state index is -5.19. The first kappa shape index (κ1) is 33.5. The number of benzene rings is 3. The molecular weight excluding hydrogens is 606 g/mol. The number of pyridine rings is 1. The van der Waals surface area contributed by atoms with Gasteiger partial charge in [-0.2, -0.15) is 13.2 Å². The quantitative estimate of drug-likeness (QED) is 0.0955. The average Bonchev–Trinajstić information content (AvgIpc) is 3.44. The van der Waals surface area contributed by atoms with Crippen LogP contribution >= 0.6 is 0 Å². The number of aliphatic carboxylic acids is 2. The Morgan fingerprint density at radius 1 is 0.978 bits per heavy atom. The van der Waals surface area contributed by atoms with E-state index >= 15 is 0 Å². The molecule has 0 radical (unpaired) electrons. The highest BCUT2D eigenvalue weighted by Gasteiger charge is 2.28. The first-order valence-corrected chi connectivity index (χ1v) is 14.3. The predicted octanol–water partition coefficient (Wildman–Crippen LogP) is 5.43. The number of hydrogen-bond acceptors (Lipinski definition) is 5. The molecule has 12 heteroatoms. The molecule has 3 aromatic carbocycles. The molecule has 0 aliphatic heterocycles. The summed E-state index contributed by atoms with van der Waals surface area (Å²) in [6.07, 6.45) is -0.557. The normalized spacial score (nSPS) is 11.7. The molecule has 0 saturated carbocycles. The van der Waals surface area contributed by atoms with Crippen molar-refractivity contribution in [2.24, 2.45) is 0 Å². The van der Waals surface area contributed by atoms with Gasteiger partial charge < -0.3 is 24.7 Å². The van der Waals surface area contributed by atoms with Crippen molar-refractivity contribution in [1.82, 2.24) is 4.98 Å². The number of hydrogen-bond donors (Lipinski definition) is 3. The van der Waals surface area contributed by atoms with E-state index in [1.807, 2.05) is 42.6 Å². The minimum absolute atomic E-state index is 0.0867. The third-order valence-electron chi connectivity index (χ3n) is 6.98. The first-order chi connectivity index (χ1) is 22.0. The van der Waals surface area contributed by atoms with Gasteiger partial charge >= 0.3 is 12.1 Å². The number of carbonyl (C=O) groups is 2. The molecule has 2 aromatic heterocycles. The number of alkyl halides is 3. The highest BCUT2D eigenvalue weighted by atomic mass is 19.4.